The molecule has 0 amide bonds. The van der Waals surface area contributed by atoms with E-state index >= 15 is 0 Å². The van der Waals surface area contributed by atoms with Crippen LogP contribution >= 0.6 is 7.15 Å². The van der Waals surface area contributed by atoms with Gasteiger partial charge in [0.2, 0.25) is 6.10 Å². The Kier molecular flexibility index (Phi) is 2.85. The molecule has 1 aliphatic heterocycles. The molecule has 0 aromatic heterocycles. The smallest absolute Gasteiger partial charge is 0.336 e. The molecule has 15 heavy (non-hydrogen) atoms. The van der Waals surface area contributed by atoms with E-state index in [0.29, 0.717) is 11.3 Å². The second-order valence-corrected chi connectivity index (χ2v) is 5.87. The molecule has 0 saturated carbocycles. The first-order valence-corrected chi connectivity index (χ1v) is 6.76. The van der Waals surface area contributed by atoms with Crippen molar-refractivity contribution in [3.05, 3.63) is 29.8 Å². The molecule has 1 aromatic rings. The van der Waals surface area contributed by atoms with Crippen molar-refractivity contribution in [2.24, 2.45) is 0 Å². The Morgan fingerprint density at radius 1 is 1.53 bits per heavy atom. The van der Waals surface area contributed by atoms with Crippen LogP contribution in [0.1, 0.15) is 11.7 Å². The molecule has 0 saturated heterocycles. The third-order valence-corrected chi connectivity index (χ3v) is 4.25. The first kappa shape index (κ1) is 10.7. The number of para-hydroxylation sites is 1. The number of hydrogen-bond donors (Lipinski definition) is 0. The van der Waals surface area contributed by atoms with Gasteiger partial charge in [-0.25, -0.2) is 0 Å². The largest absolute Gasteiger partial charge is 0.449 e. The molecule has 0 aliphatic carbocycles. The highest BCUT2D eigenvalue weighted by Gasteiger charge is 2.41. The maximum atomic E-state index is 8.95. The van der Waals surface area contributed by atoms with Gasteiger partial charge in [0.15, 0.2) is 5.75 Å². The van der Waals surface area contributed by atoms with Crippen LogP contribution in [0.5, 0.6) is 5.75 Å². The van der Waals surface area contributed by atoms with E-state index < -0.39 is 13.2 Å². The summed E-state index contributed by atoms with van der Waals surface area (Å²) < 4.78 is 15.7. The van der Waals surface area contributed by atoms with Crippen molar-refractivity contribution in [3.8, 4) is 11.8 Å². The maximum absolute atomic E-state index is 8.95. The van der Waals surface area contributed by atoms with Crippen molar-refractivity contribution in [3.63, 3.8) is 0 Å². The Hall–Kier alpha value is -0.790. The van der Waals surface area contributed by atoms with Gasteiger partial charge in [-0.05, 0) is 6.07 Å². The number of nitrogens with zero attached hydrogens (tertiary/aromatic N) is 1. The van der Waals surface area contributed by atoms with Crippen LogP contribution in [0.2, 0.25) is 0 Å². The Bertz CT molecular complexity index is 422. The van der Waals surface area contributed by atoms with Gasteiger partial charge in [0.05, 0.1) is 7.11 Å². The van der Waals surface area contributed by atoms with Crippen LogP contribution in [0.4, 0.5) is 0 Å². The molecule has 1 heterocycles. The molecule has 0 N–H and O–H groups in total. The monoisotopic (exact) mass is 241 g/mol. The normalized spacial score (nSPS) is 28.7. The summed E-state index contributed by atoms with van der Waals surface area (Å²) in [6, 6.07) is 9.19. The van der Waals surface area contributed by atoms with E-state index in [1.807, 2.05) is 18.2 Å². The quantitative estimate of drug-likeness (QED) is 0.558. The summed E-state index contributed by atoms with van der Waals surface area (Å²) in [6.45, 7) is 0. The van der Waals surface area contributed by atoms with Gasteiger partial charge in [-0.15, -0.1) is 0 Å². The number of fused-ring (bicyclic) bond motifs is 1. The third kappa shape index (κ3) is 1.95. The van der Waals surface area contributed by atoms with Gasteiger partial charge >= 0.3 is 7.15 Å². The molecule has 0 bridgehead atoms. The fraction of sp³-hybridized carbons (Fsp3) is 0.222. The van der Waals surface area contributed by atoms with Crippen molar-refractivity contribution < 1.29 is 13.6 Å². The Labute approximate surface area is 93.5 Å². The van der Waals surface area contributed by atoms with Crippen molar-refractivity contribution in [1.82, 2.24) is 0 Å². The summed E-state index contributed by atoms with van der Waals surface area (Å²) in [4.78, 5) is 0. The molecule has 78 valence electrons. The van der Waals surface area contributed by atoms with E-state index in [9.17, 15) is 0 Å². The number of benzene rings is 1. The van der Waals surface area contributed by atoms with E-state index in [0.717, 1.165) is 0 Å². The molecular weight excluding hydrogens is 233 g/mol. The van der Waals surface area contributed by atoms with E-state index in [4.69, 9.17) is 31.1 Å². The SMILES string of the molecule is CO[P+]1([S-])Oc2ccccc2[C@@H](C#N)O1. The first-order valence-electron chi connectivity index (χ1n) is 4.21. The van der Waals surface area contributed by atoms with Gasteiger partial charge in [0, 0.05) is 5.56 Å². The summed E-state index contributed by atoms with van der Waals surface area (Å²) in [6.07, 6.45) is -0.708. The minimum absolute atomic E-state index is 0.570. The molecule has 0 spiro atoms. The van der Waals surface area contributed by atoms with Crippen LogP contribution < -0.4 is 4.52 Å². The van der Waals surface area contributed by atoms with E-state index in [1.165, 1.54) is 7.11 Å². The number of rotatable bonds is 1. The fourth-order valence-corrected chi connectivity index (χ4v) is 2.81. The van der Waals surface area contributed by atoms with Crippen LogP contribution in [0, 0.1) is 11.3 Å². The lowest BCUT2D eigenvalue weighted by atomic mass is 10.1. The highest BCUT2D eigenvalue weighted by atomic mass is 32.7. The Morgan fingerprint density at radius 2 is 2.27 bits per heavy atom. The van der Waals surface area contributed by atoms with E-state index in [1.54, 1.807) is 12.1 Å². The van der Waals surface area contributed by atoms with Gasteiger partial charge in [-0.3, -0.25) is 0 Å². The average molecular weight is 241 g/mol. The zero-order valence-electron chi connectivity index (χ0n) is 7.91. The lowest BCUT2D eigenvalue weighted by Crippen LogP contribution is -2.16. The van der Waals surface area contributed by atoms with Crippen LogP contribution in [-0.4, -0.2) is 7.11 Å². The second kappa shape index (κ2) is 3.99. The highest BCUT2D eigenvalue weighted by Crippen LogP contribution is 2.65. The molecule has 1 aromatic carbocycles. The summed E-state index contributed by atoms with van der Waals surface area (Å²) in [7, 11) is -1.37. The fourth-order valence-electron chi connectivity index (χ4n) is 1.28. The molecule has 1 unspecified atom stereocenters. The lowest BCUT2D eigenvalue weighted by Gasteiger charge is -2.32. The average Bonchev–Trinajstić information content (AvgIpc) is 2.28. The van der Waals surface area contributed by atoms with E-state index in [-0.39, 0.29) is 0 Å². The van der Waals surface area contributed by atoms with E-state index in [2.05, 4.69) is 0 Å². The van der Waals surface area contributed by atoms with Crippen LogP contribution in [-0.2, 0) is 21.3 Å². The number of nitriles is 1. The zero-order chi connectivity index (χ0) is 10.9. The first-order chi connectivity index (χ1) is 7.18. The van der Waals surface area contributed by atoms with Crippen LogP contribution in [0.15, 0.2) is 24.3 Å². The van der Waals surface area contributed by atoms with Crippen molar-refractivity contribution in [2.45, 2.75) is 6.10 Å². The molecule has 4 nitrogen and oxygen atoms in total. The minimum atomic E-state index is -2.79. The van der Waals surface area contributed by atoms with Gasteiger partial charge in [0.1, 0.15) is 6.07 Å². The van der Waals surface area contributed by atoms with Gasteiger partial charge < -0.3 is 16.8 Å². The minimum Gasteiger partial charge on any atom is -0.449 e. The predicted molar refractivity (Wildman–Crippen MR) is 57.8 cm³/mol. The van der Waals surface area contributed by atoms with Crippen LogP contribution in [0.3, 0.4) is 0 Å². The lowest BCUT2D eigenvalue weighted by molar-refractivity contribution is 0.174. The molecule has 2 atom stereocenters. The Morgan fingerprint density at radius 3 is 2.93 bits per heavy atom. The summed E-state index contributed by atoms with van der Waals surface area (Å²) >= 11 is 5.07. The number of hydrogen-bond acceptors (Lipinski definition) is 5. The molecule has 6 heteroatoms. The topological polar surface area (TPSA) is 51.5 Å². The standard InChI is InChI=1S/C9H8NO3PS/c1-11-14(15)12-8-5-3-2-4-7(8)9(6-10)13-14/h2-5,9H,1H3/t9-,14?/m1/s1. The highest BCUT2D eigenvalue weighted by molar-refractivity contribution is 8.36. The summed E-state index contributed by atoms with van der Waals surface area (Å²) in [5, 5.41) is 8.95. The van der Waals surface area contributed by atoms with Crippen LogP contribution in [0.25, 0.3) is 0 Å². The van der Waals surface area contributed by atoms with Crippen molar-refractivity contribution >= 4 is 19.4 Å². The van der Waals surface area contributed by atoms with Gasteiger partial charge in [-0.2, -0.15) is 14.3 Å². The summed E-state index contributed by atoms with van der Waals surface area (Å²) in [5.74, 6) is 0.570. The molecule has 1 aliphatic rings. The van der Waals surface area contributed by atoms with Crippen molar-refractivity contribution in [2.75, 3.05) is 7.11 Å². The molecule has 0 fully saturated rings. The zero-order valence-corrected chi connectivity index (χ0v) is 9.63. The predicted octanol–water partition coefficient (Wildman–Crippen LogP) is 2.53. The Balaban J connectivity index is 2.44. The maximum Gasteiger partial charge on any atom is 0.336 e. The van der Waals surface area contributed by atoms with Crippen molar-refractivity contribution in [1.29, 1.82) is 5.26 Å². The molecular formula is C9H8NO3PS. The van der Waals surface area contributed by atoms with Gasteiger partial charge in [0.25, 0.3) is 0 Å². The van der Waals surface area contributed by atoms with Gasteiger partial charge in [-0.1, -0.05) is 18.2 Å². The second-order valence-electron chi connectivity index (χ2n) is 2.87. The summed E-state index contributed by atoms with van der Waals surface area (Å²) in [5.41, 5.74) is 0.692. The molecule has 0 radical (unpaired) electrons. The third-order valence-electron chi connectivity index (χ3n) is 1.99. The molecule has 2 rings (SSSR count).